The molecular weight excluding hydrogens is 341 g/mol. The molecule has 3 nitrogen and oxygen atoms in total. The smallest absolute Gasteiger partial charge is 0.0598 e. The molecule has 5 heteroatoms. The van der Waals surface area contributed by atoms with Gasteiger partial charge in [0.2, 0.25) is 0 Å². The van der Waals surface area contributed by atoms with E-state index >= 15 is 0 Å². The topological polar surface area (TPSA) is 37.0 Å². The lowest BCUT2D eigenvalue weighted by Crippen LogP contribution is -2.06. The average molecular weight is 358 g/mol. The fourth-order valence-electron chi connectivity index (χ4n) is 2.31. The minimum atomic E-state index is 0.644. The first kappa shape index (κ1) is 16.6. The van der Waals surface area contributed by atoms with E-state index < -0.39 is 0 Å². The molecule has 3 rings (SSSR count). The highest BCUT2D eigenvalue weighted by Gasteiger charge is 2.00. The molecule has 0 spiro atoms. The molecule has 0 fully saturated rings. The van der Waals surface area contributed by atoms with Crippen molar-refractivity contribution in [2.24, 2.45) is 0 Å². The summed E-state index contributed by atoms with van der Waals surface area (Å²) < 4.78 is 0. The van der Waals surface area contributed by atoms with Crippen LogP contribution < -0.4 is 10.6 Å². The largest absolute Gasteiger partial charge is 0.379 e. The lowest BCUT2D eigenvalue weighted by molar-refractivity contribution is 0.966. The summed E-state index contributed by atoms with van der Waals surface area (Å²) in [6.07, 6.45) is 0. The quantitative estimate of drug-likeness (QED) is 0.601. The monoisotopic (exact) mass is 357 g/mol. The molecule has 122 valence electrons. The van der Waals surface area contributed by atoms with Gasteiger partial charge in [0.05, 0.1) is 24.5 Å². The Balaban J connectivity index is 1.59. The zero-order valence-corrected chi connectivity index (χ0v) is 14.5. The third-order valence-electron chi connectivity index (χ3n) is 3.46. The van der Waals surface area contributed by atoms with Crippen LogP contribution in [0, 0.1) is 0 Å². The molecule has 0 bridgehead atoms. The molecule has 2 N–H and O–H groups in total. The highest BCUT2D eigenvalue weighted by atomic mass is 35.5. The highest BCUT2D eigenvalue weighted by molar-refractivity contribution is 6.31. The van der Waals surface area contributed by atoms with E-state index in [0.717, 1.165) is 22.8 Å². The van der Waals surface area contributed by atoms with Crippen LogP contribution >= 0.6 is 23.2 Å². The van der Waals surface area contributed by atoms with Crippen molar-refractivity contribution in [2.45, 2.75) is 13.1 Å². The molecule has 0 aliphatic heterocycles. The first-order valence-electron chi connectivity index (χ1n) is 7.63. The van der Waals surface area contributed by atoms with E-state index in [-0.39, 0.29) is 0 Å². The molecule has 0 saturated heterocycles. The molecule has 0 saturated carbocycles. The van der Waals surface area contributed by atoms with Crippen LogP contribution in [0.1, 0.15) is 11.4 Å². The van der Waals surface area contributed by atoms with Crippen LogP contribution in [0.3, 0.4) is 0 Å². The van der Waals surface area contributed by atoms with Gasteiger partial charge in [-0.2, -0.15) is 0 Å². The van der Waals surface area contributed by atoms with Crippen LogP contribution in [0.25, 0.3) is 0 Å². The van der Waals surface area contributed by atoms with Crippen molar-refractivity contribution in [3.05, 3.63) is 88.2 Å². The number of nitrogens with zero attached hydrogens (tertiary/aromatic N) is 1. The first-order chi connectivity index (χ1) is 11.7. The van der Waals surface area contributed by atoms with E-state index in [4.69, 9.17) is 23.2 Å². The minimum Gasteiger partial charge on any atom is -0.379 e. The van der Waals surface area contributed by atoms with Gasteiger partial charge in [-0.1, -0.05) is 41.4 Å². The summed E-state index contributed by atoms with van der Waals surface area (Å²) in [5.74, 6) is 0. The van der Waals surface area contributed by atoms with Gasteiger partial charge in [-0.15, -0.1) is 0 Å². The Morgan fingerprint density at radius 2 is 1.12 bits per heavy atom. The lowest BCUT2D eigenvalue weighted by atomic mass is 10.2. The van der Waals surface area contributed by atoms with Crippen molar-refractivity contribution in [3.8, 4) is 0 Å². The zero-order chi connectivity index (χ0) is 16.8. The Morgan fingerprint density at radius 1 is 0.667 bits per heavy atom. The van der Waals surface area contributed by atoms with E-state index in [9.17, 15) is 0 Å². The third kappa shape index (κ3) is 4.88. The van der Waals surface area contributed by atoms with Gasteiger partial charge in [0.25, 0.3) is 0 Å². The third-order valence-corrected chi connectivity index (χ3v) is 3.93. The predicted molar refractivity (Wildman–Crippen MR) is 102 cm³/mol. The van der Waals surface area contributed by atoms with Gasteiger partial charge in [-0.3, -0.25) is 4.98 Å². The molecule has 1 aromatic heterocycles. The molecule has 1 heterocycles. The van der Waals surface area contributed by atoms with Gasteiger partial charge in [0, 0.05) is 21.4 Å². The summed E-state index contributed by atoms with van der Waals surface area (Å²) in [6, 6.07) is 21.3. The number of aromatic nitrogens is 1. The van der Waals surface area contributed by atoms with Gasteiger partial charge in [-0.05, 0) is 48.5 Å². The first-order valence-corrected chi connectivity index (χ1v) is 8.38. The second-order valence-electron chi connectivity index (χ2n) is 5.35. The van der Waals surface area contributed by atoms with Crippen LogP contribution in [0.4, 0.5) is 11.4 Å². The molecule has 0 unspecified atom stereocenters. The summed E-state index contributed by atoms with van der Waals surface area (Å²) >= 11 is 12.0. The van der Waals surface area contributed by atoms with Crippen LogP contribution in [0.2, 0.25) is 10.0 Å². The number of pyridine rings is 1. The Hall–Kier alpha value is -2.23. The molecule has 2 aromatic carbocycles. The summed E-state index contributed by atoms with van der Waals surface area (Å²) in [5.41, 5.74) is 3.90. The van der Waals surface area contributed by atoms with E-state index in [1.165, 1.54) is 0 Å². The summed E-state index contributed by atoms with van der Waals surface area (Å²) in [6.45, 7) is 1.29. The van der Waals surface area contributed by atoms with Gasteiger partial charge < -0.3 is 10.6 Å². The molecular formula is C19H17Cl2N3. The standard InChI is InChI=1S/C19H17Cl2N3/c20-14-4-1-6-16(10-14)22-12-18-8-3-9-19(24-18)13-23-17-7-2-5-15(21)11-17/h1-11,22-23H,12-13H2. The fourth-order valence-corrected chi connectivity index (χ4v) is 2.69. The molecule has 24 heavy (non-hydrogen) atoms. The molecule has 0 aliphatic carbocycles. The maximum atomic E-state index is 5.99. The second kappa shape index (κ2) is 8.04. The number of hydrogen-bond donors (Lipinski definition) is 2. The van der Waals surface area contributed by atoms with Gasteiger partial charge in [0.1, 0.15) is 0 Å². The molecule has 0 radical (unpaired) electrons. The Kier molecular flexibility index (Phi) is 5.57. The minimum absolute atomic E-state index is 0.644. The van der Waals surface area contributed by atoms with Crippen LogP contribution in [0.5, 0.6) is 0 Å². The van der Waals surface area contributed by atoms with E-state index in [2.05, 4.69) is 15.6 Å². The lowest BCUT2D eigenvalue weighted by Gasteiger charge is -2.09. The average Bonchev–Trinajstić information content (AvgIpc) is 2.59. The summed E-state index contributed by atoms with van der Waals surface area (Å²) in [7, 11) is 0. The Labute approximate surface area is 151 Å². The number of anilines is 2. The van der Waals surface area contributed by atoms with E-state index in [0.29, 0.717) is 23.1 Å². The molecule has 0 atom stereocenters. The number of halogens is 2. The predicted octanol–water partition coefficient (Wildman–Crippen LogP) is 5.61. The van der Waals surface area contributed by atoms with Crippen molar-refractivity contribution in [2.75, 3.05) is 10.6 Å². The van der Waals surface area contributed by atoms with Crippen LogP contribution in [-0.2, 0) is 13.1 Å². The fraction of sp³-hybridized carbons (Fsp3) is 0.105. The normalized spacial score (nSPS) is 10.4. The molecule has 3 aromatic rings. The van der Waals surface area contributed by atoms with Crippen molar-refractivity contribution < 1.29 is 0 Å². The number of benzene rings is 2. The van der Waals surface area contributed by atoms with E-state index in [1.807, 2.05) is 66.7 Å². The molecule has 0 amide bonds. The highest BCUT2D eigenvalue weighted by Crippen LogP contribution is 2.17. The second-order valence-corrected chi connectivity index (χ2v) is 6.22. The SMILES string of the molecule is Clc1cccc(NCc2cccc(CNc3cccc(Cl)c3)n2)c1. The van der Waals surface area contributed by atoms with E-state index in [1.54, 1.807) is 0 Å². The van der Waals surface area contributed by atoms with Gasteiger partial charge in [-0.25, -0.2) is 0 Å². The number of rotatable bonds is 6. The van der Waals surface area contributed by atoms with Gasteiger partial charge >= 0.3 is 0 Å². The maximum absolute atomic E-state index is 5.99. The zero-order valence-electron chi connectivity index (χ0n) is 13.0. The Morgan fingerprint density at radius 3 is 1.58 bits per heavy atom. The number of hydrogen-bond acceptors (Lipinski definition) is 3. The van der Waals surface area contributed by atoms with Crippen molar-refractivity contribution in [1.29, 1.82) is 0 Å². The van der Waals surface area contributed by atoms with Crippen molar-refractivity contribution in [1.82, 2.24) is 4.98 Å². The van der Waals surface area contributed by atoms with Crippen LogP contribution in [0.15, 0.2) is 66.7 Å². The molecule has 0 aliphatic rings. The van der Waals surface area contributed by atoms with Gasteiger partial charge in [0.15, 0.2) is 0 Å². The van der Waals surface area contributed by atoms with Crippen molar-refractivity contribution >= 4 is 34.6 Å². The van der Waals surface area contributed by atoms with Crippen molar-refractivity contribution in [3.63, 3.8) is 0 Å². The Bertz CT molecular complexity index is 756. The summed E-state index contributed by atoms with van der Waals surface area (Å²) in [5, 5.41) is 8.08. The maximum Gasteiger partial charge on any atom is 0.0598 e. The van der Waals surface area contributed by atoms with Crippen LogP contribution in [-0.4, -0.2) is 4.98 Å². The summed E-state index contributed by atoms with van der Waals surface area (Å²) in [4.78, 5) is 4.66. The number of nitrogens with one attached hydrogen (secondary N) is 2.